The summed E-state index contributed by atoms with van der Waals surface area (Å²) < 4.78 is 30.3. The number of ether oxygens (including phenoxy) is 3. The van der Waals surface area contributed by atoms with Gasteiger partial charge in [-0.1, -0.05) is 12.1 Å². The minimum absolute atomic E-state index is 0.200. The number of pyridine rings is 1. The van der Waals surface area contributed by atoms with Gasteiger partial charge in [-0.3, -0.25) is 4.79 Å². The molecule has 0 aliphatic carbocycles. The number of amides is 1. The maximum absolute atomic E-state index is 13.4. The second kappa shape index (κ2) is 8.60. The van der Waals surface area contributed by atoms with Crippen LogP contribution in [0.5, 0.6) is 23.1 Å². The molecule has 0 unspecified atom stereocenters. The number of benzene rings is 2. The van der Waals surface area contributed by atoms with Crippen molar-refractivity contribution in [1.29, 1.82) is 0 Å². The summed E-state index contributed by atoms with van der Waals surface area (Å²) >= 11 is 0. The highest BCUT2D eigenvalue weighted by Gasteiger charge is 2.15. The van der Waals surface area contributed by atoms with Crippen LogP contribution in [-0.2, 0) is 6.54 Å². The molecule has 4 rings (SSSR count). The highest BCUT2D eigenvalue weighted by molar-refractivity contribution is 5.94. The molecule has 0 radical (unpaired) electrons. The summed E-state index contributed by atoms with van der Waals surface area (Å²) in [5.74, 6) is 1.17. The van der Waals surface area contributed by atoms with Crippen molar-refractivity contribution in [2.24, 2.45) is 0 Å². The number of aromatic nitrogens is 1. The summed E-state index contributed by atoms with van der Waals surface area (Å²) in [5, 5.41) is 2.85. The van der Waals surface area contributed by atoms with Gasteiger partial charge in [-0.05, 0) is 36.4 Å². The van der Waals surface area contributed by atoms with Gasteiger partial charge >= 0.3 is 0 Å². The summed E-state index contributed by atoms with van der Waals surface area (Å²) in [5.41, 5.74) is 1.13. The standard InChI is InChI=1S/C22H19FN2O4/c23-17-5-1-6-18(13-17)29-22-16(4-2-9-24-22)14-25-21(26)15-7-8-19-20(12-15)28-11-3-10-27-19/h1-2,4-9,12-13H,3,10-11,14H2,(H,25,26). The number of rotatable bonds is 5. The first-order valence-electron chi connectivity index (χ1n) is 9.24. The lowest BCUT2D eigenvalue weighted by Crippen LogP contribution is -2.23. The number of nitrogens with zero attached hydrogens (tertiary/aromatic N) is 1. The van der Waals surface area contributed by atoms with E-state index in [4.69, 9.17) is 14.2 Å². The normalized spacial score (nSPS) is 12.7. The molecule has 2 aromatic carbocycles. The highest BCUT2D eigenvalue weighted by Crippen LogP contribution is 2.30. The average Bonchev–Trinajstić information content (AvgIpc) is 2.98. The van der Waals surface area contributed by atoms with Gasteiger partial charge in [0.25, 0.3) is 5.91 Å². The summed E-state index contributed by atoms with van der Waals surface area (Å²) in [7, 11) is 0. The van der Waals surface area contributed by atoms with Crippen molar-refractivity contribution in [3.05, 3.63) is 77.7 Å². The Morgan fingerprint density at radius 3 is 2.79 bits per heavy atom. The third-order valence-corrected chi connectivity index (χ3v) is 4.31. The van der Waals surface area contributed by atoms with Crippen molar-refractivity contribution < 1.29 is 23.4 Å². The molecule has 0 bridgehead atoms. The van der Waals surface area contributed by atoms with Gasteiger partial charge in [0.05, 0.1) is 13.2 Å². The molecule has 1 N–H and O–H groups in total. The van der Waals surface area contributed by atoms with Gasteiger partial charge in [-0.2, -0.15) is 0 Å². The van der Waals surface area contributed by atoms with E-state index < -0.39 is 5.82 Å². The third kappa shape index (κ3) is 4.63. The van der Waals surface area contributed by atoms with Crippen LogP contribution in [0.3, 0.4) is 0 Å². The molecule has 0 fully saturated rings. The highest BCUT2D eigenvalue weighted by atomic mass is 19.1. The Morgan fingerprint density at radius 1 is 1.07 bits per heavy atom. The van der Waals surface area contributed by atoms with Crippen LogP contribution in [0.1, 0.15) is 22.3 Å². The van der Waals surface area contributed by atoms with E-state index in [1.54, 1.807) is 48.7 Å². The van der Waals surface area contributed by atoms with Gasteiger partial charge in [0.1, 0.15) is 11.6 Å². The molecule has 1 aromatic heterocycles. The zero-order valence-corrected chi connectivity index (χ0v) is 15.6. The molecule has 29 heavy (non-hydrogen) atoms. The maximum Gasteiger partial charge on any atom is 0.251 e. The first-order chi connectivity index (χ1) is 14.2. The van der Waals surface area contributed by atoms with Crippen LogP contribution in [0.25, 0.3) is 0 Å². The smallest absolute Gasteiger partial charge is 0.251 e. The second-order valence-electron chi connectivity index (χ2n) is 6.42. The lowest BCUT2D eigenvalue weighted by molar-refractivity contribution is 0.0950. The van der Waals surface area contributed by atoms with E-state index in [2.05, 4.69) is 10.3 Å². The molecule has 148 valence electrons. The molecule has 3 aromatic rings. The molecular weight excluding hydrogens is 375 g/mol. The van der Waals surface area contributed by atoms with Crippen LogP contribution in [-0.4, -0.2) is 24.1 Å². The number of carbonyl (C=O) groups excluding carboxylic acids is 1. The van der Waals surface area contributed by atoms with E-state index in [-0.39, 0.29) is 12.5 Å². The molecular formula is C22H19FN2O4. The van der Waals surface area contributed by atoms with E-state index in [0.29, 0.717) is 47.5 Å². The largest absolute Gasteiger partial charge is 0.490 e. The first kappa shape index (κ1) is 18.7. The molecule has 0 atom stereocenters. The molecule has 2 heterocycles. The zero-order valence-electron chi connectivity index (χ0n) is 15.6. The summed E-state index contributed by atoms with van der Waals surface area (Å²) in [4.78, 5) is 16.8. The number of carbonyl (C=O) groups is 1. The summed E-state index contributed by atoms with van der Waals surface area (Å²) in [6, 6.07) is 14.4. The van der Waals surface area contributed by atoms with Crippen molar-refractivity contribution in [2.45, 2.75) is 13.0 Å². The fourth-order valence-corrected chi connectivity index (χ4v) is 2.87. The molecule has 0 saturated carbocycles. The van der Waals surface area contributed by atoms with Crippen molar-refractivity contribution >= 4 is 5.91 Å². The number of fused-ring (bicyclic) bond motifs is 1. The predicted octanol–water partition coefficient (Wildman–Crippen LogP) is 4.10. The van der Waals surface area contributed by atoms with Crippen LogP contribution in [0.15, 0.2) is 60.8 Å². The fraction of sp³-hybridized carbons (Fsp3) is 0.182. The Morgan fingerprint density at radius 2 is 1.93 bits per heavy atom. The van der Waals surface area contributed by atoms with Crippen molar-refractivity contribution in [3.63, 3.8) is 0 Å². The molecule has 1 aliphatic heterocycles. The topological polar surface area (TPSA) is 69.7 Å². The number of hydrogen-bond acceptors (Lipinski definition) is 5. The van der Waals surface area contributed by atoms with Crippen molar-refractivity contribution in [1.82, 2.24) is 10.3 Å². The Labute approximate surface area is 167 Å². The lowest BCUT2D eigenvalue weighted by atomic mass is 10.1. The van der Waals surface area contributed by atoms with E-state index in [1.165, 1.54) is 12.1 Å². The monoisotopic (exact) mass is 394 g/mol. The van der Waals surface area contributed by atoms with E-state index >= 15 is 0 Å². The molecule has 1 amide bonds. The van der Waals surface area contributed by atoms with Crippen LogP contribution in [0, 0.1) is 5.82 Å². The average molecular weight is 394 g/mol. The number of halogens is 1. The van der Waals surface area contributed by atoms with Crippen molar-refractivity contribution in [3.8, 4) is 23.1 Å². The molecule has 7 heteroatoms. The van der Waals surface area contributed by atoms with Crippen LogP contribution >= 0.6 is 0 Å². The predicted molar refractivity (Wildman–Crippen MR) is 104 cm³/mol. The minimum atomic E-state index is -0.400. The van der Waals surface area contributed by atoms with E-state index in [1.807, 2.05) is 0 Å². The van der Waals surface area contributed by atoms with Crippen molar-refractivity contribution in [2.75, 3.05) is 13.2 Å². The summed E-state index contributed by atoms with van der Waals surface area (Å²) in [6.45, 7) is 1.34. The van der Waals surface area contributed by atoms with E-state index in [9.17, 15) is 9.18 Å². The lowest BCUT2D eigenvalue weighted by Gasteiger charge is -2.12. The Balaban J connectivity index is 1.45. The minimum Gasteiger partial charge on any atom is -0.490 e. The molecule has 0 saturated heterocycles. The van der Waals surface area contributed by atoms with E-state index in [0.717, 1.165) is 6.42 Å². The molecule has 0 spiro atoms. The van der Waals surface area contributed by atoms with Gasteiger partial charge in [-0.15, -0.1) is 0 Å². The van der Waals surface area contributed by atoms with Gasteiger partial charge in [-0.25, -0.2) is 9.37 Å². The van der Waals surface area contributed by atoms with Crippen LogP contribution < -0.4 is 19.5 Å². The number of nitrogens with one attached hydrogen (secondary N) is 1. The summed E-state index contributed by atoms with van der Waals surface area (Å²) in [6.07, 6.45) is 2.37. The van der Waals surface area contributed by atoms with Crippen LogP contribution in [0.4, 0.5) is 4.39 Å². The number of hydrogen-bond donors (Lipinski definition) is 1. The van der Waals surface area contributed by atoms with Gasteiger partial charge in [0, 0.05) is 36.4 Å². The SMILES string of the molecule is O=C(NCc1cccnc1Oc1cccc(F)c1)c1ccc2c(c1)OCCCO2. The first-order valence-corrected chi connectivity index (χ1v) is 9.24. The molecule has 6 nitrogen and oxygen atoms in total. The Bertz CT molecular complexity index is 1030. The van der Waals surface area contributed by atoms with Gasteiger partial charge in [0.2, 0.25) is 5.88 Å². The Hall–Kier alpha value is -3.61. The molecule has 1 aliphatic rings. The second-order valence-corrected chi connectivity index (χ2v) is 6.42. The zero-order chi connectivity index (χ0) is 20.1. The fourth-order valence-electron chi connectivity index (χ4n) is 2.87. The Kier molecular flexibility index (Phi) is 5.56. The van der Waals surface area contributed by atoms with Gasteiger partial charge < -0.3 is 19.5 Å². The van der Waals surface area contributed by atoms with Gasteiger partial charge in [0.15, 0.2) is 11.5 Å². The quantitative estimate of drug-likeness (QED) is 0.705. The third-order valence-electron chi connectivity index (χ3n) is 4.31. The maximum atomic E-state index is 13.4. The van der Waals surface area contributed by atoms with Crippen LogP contribution in [0.2, 0.25) is 0 Å².